The lowest BCUT2D eigenvalue weighted by Gasteiger charge is -2.16. The maximum Gasteiger partial charge on any atom is 0.240 e. The van der Waals surface area contributed by atoms with Crippen molar-refractivity contribution < 1.29 is 8.42 Å². The highest BCUT2D eigenvalue weighted by Crippen LogP contribution is 2.25. The van der Waals surface area contributed by atoms with Crippen LogP contribution in [0.15, 0.2) is 59.5 Å². The molecule has 1 unspecified atom stereocenters. The third-order valence-electron chi connectivity index (χ3n) is 4.53. The van der Waals surface area contributed by atoms with Crippen LogP contribution in [0.1, 0.15) is 50.2 Å². The minimum absolute atomic E-state index is 0.342. The molecule has 0 aliphatic heterocycles. The van der Waals surface area contributed by atoms with Crippen molar-refractivity contribution in [1.82, 2.24) is 4.72 Å². The third kappa shape index (κ3) is 8.08. The summed E-state index contributed by atoms with van der Waals surface area (Å²) in [4.78, 5) is 0.342. The summed E-state index contributed by atoms with van der Waals surface area (Å²) in [5.41, 5.74) is 2.41. The van der Waals surface area contributed by atoms with Gasteiger partial charge in [0.1, 0.15) is 0 Å². The van der Waals surface area contributed by atoms with Crippen LogP contribution in [0.4, 0.5) is 0 Å². The van der Waals surface area contributed by atoms with E-state index in [-0.39, 0.29) is 0 Å². The smallest absolute Gasteiger partial charge is 0.211 e. The van der Waals surface area contributed by atoms with Gasteiger partial charge < -0.3 is 0 Å². The van der Waals surface area contributed by atoms with Crippen molar-refractivity contribution in [3.63, 3.8) is 0 Å². The molecule has 0 aliphatic carbocycles. The number of hydrogen-bond acceptors (Lipinski definition) is 3. The SMILES string of the molecule is CCCCC(CCCNS(=O)(=O)c1ccc(C)cc1)SCc1ccccc1. The van der Waals surface area contributed by atoms with Gasteiger partial charge in [0, 0.05) is 17.5 Å². The molecule has 0 fully saturated rings. The molecule has 3 nitrogen and oxygen atoms in total. The first-order valence-electron chi connectivity index (χ1n) is 9.73. The van der Waals surface area contributed by atoms with Crippen molar-refractivity contribution in [3.8, 4) is 0 Å². The average Bonchev–Trinajstić information content (AvgIpc) is 2.67. The predicted octanol–water partition coefficient (Wildman–Crippen LogP) is 5.55. The van der Waals surface area contributed by atoms with E-state index in [1.165, 1.54) is 24.8 Å². The zero-order valence-electron chi connectivity index (χ0n) is 16.4. The lowest BCUT2D eigenvalue weighted by molar-refractivity contribution is 0.570. The van der Waals surface area contributed by atoms with E-state index in [1.54, 1.807) is 12.1 Å². The van der Waals surface area contributed by atoms with Gasteiger partial charge in [0.25, 0.3) is 0 Å². The second kappa shape index (κ2) is 11.5. The summed E-state index contributed by atoms with van der Waals surface area (Å²) in [6.07, 6.45) is 5.51. The van der Waals surface area contributed by atoms with Gasteiger partial charge in [-0.15, -0.1) is 0 Å². The van der Waals surface area contributed by atoms with Crippen LogP contribution in [0.3, 0.4) is 0 Å². The van der Waals surface area contributed by atoms with E-state index in [9.17, 15) is 8.42 Å². The number of sulfonamides is 1. The van der Waals surface area contributed by atoms with Gasteiger partial charge in [-0.25, -0.2) is 13.1 Å². The highest BCUT2D eigenvalue weighted by atomic mass is 32.2. The standard InChI is InChI=1S/C22H31NO2S2/c1-3-4-11-21(26-18-20-9-6-5-7-10-20)12-8-17-23-27(24,25)22-15-13-19(2)14-16-22/h5-7,9-10,13-16,21,23H,3-4,8,11-12,17-18H2,1-2H3. The Balaban J connectivity index is 1.79. The molecular formula is C22H31NO2S2. The first-order chi connectivity index (χ1) is 13.0. The van der Waals surface area contributed by atoms with Crippen molar-refractivity contribution in [2.75, 3.05) is 6.54 Å². The Morgan fingerprint density at radius 1 is 0.963 bits per heavy atom. The van der Waals surface area contributed by atoms with E-state index < -0.39 is 10.0 Å². The van der Waals surface area contributed by atoms with Crippen LogP contribution < -0.4 is 4.72 Å². The molecule has 0 spiro atoms. The van der Waals surface area contributed by atoms with Crippen molar-refractivity contribution in [3.05, 3.63) is 65.7 Å². The van der Waals surface area contributed by atoms with Gasteiger partial charge in [0.2, 0.25) is 10.0 Å². The monoisotopic (exact) mass is 405 g/mol. The molecule has 0 saturated heterocycles. The molecule has 0 aliphatic rings. The Labute approximate surface area is 169 Å². The number of unbranched alkanes of at least 4 members (excludes halogenated alkanes) is 1. The fraction of sp³-hybridized carbons (Fsp3) is 0.455. The number of nitrogens with one attached hydrogen (secondary N) is 1. The number of hydrogen-bond donors (Lipinski definition) is 1. The molecule has 0 heterocycles. The lowest BCUT2D eigenvalue weighted by Crippen LogP contribution is -2.25. The topological polar surface area (TPSA) is 46.2 Å². The highest BCUT2D eigenvalue weighted by Gasteiger charge is 2.14. The van der Waals surface area contributed by atoms with Crippen molar-refractivity contribution >= 4 is 21.8 Å². The molecule has 2 aromatic rings. The Hall–Kier alpha value is -1.30. The van der Waals surface area contributed by atoms with Crippen molar-refractivity contribution in [2.24, 2.45) is 0 Å². The molecule has 148 valence electrons. The number of benzene rings is 2. The van der Waals surface area contributed by atoms with Crippen LogP contribution in [0.2, 0.25) is 0 Å². The first-order valence-corrected chi connectivity index (χ1v) is 12.3. The maximum absolute atomic E-state index is 12.4. The van der Waals surface area contributed by atoms with Crippen LogP contribution in [0.5, 0.6) is 0 Å². The van der Waals surface area contributed by atoms with E-state index in [2.05, 4.69) is 35.9 Å². The van der Waals surface area contributed by atoms with Crippen LogP contribution >= 0.6 is 11.8 Å². The molecule has 0 bridgehead atoms. The van der Waals surface area contributed by atoms with Gasteiger partial charge in [0.15, 0.2) is 0 Å². The van der Waals surface area contributed by atoms with E-state index in [4.69, 9.17) is 0 Å². The highest BCUT2D eigenvalue weighted by molar-refractivity contribution is 7.99. The van der Waals surface area contributed by atoms with E-state index in [0.717, 1.165) is 24.2 Å². The number of rotatable bonds is 12. The quantitative estimate of drug-likeness (QED) is 0.471. The third-order valence-corrected chi connectivity index (χ3v) is 7.45. The van der Waals surface area contributed by atoms with Crippen molar-refractivity contribution in [2.45, 2.75) is 61.8 Å². The number of aryl methyl sites for hydroxylation is 1. The number of thioether (sulfide) groups is 1. The van der Waals surface area contributed by atoms with Crippen LogP contribution in [-0.4, -0.2) is 20.2 Å². The summed E-state index contributed by atoms with van der Waals surface area (Å²) >= 11 is 1.99. The van der Waals surface area contributed by atoms with Crippen LogP contribution in [0, 0.1) is 6.92 Å². The fourth-order valence-electron chi connectivity index (χ4n) is 2.87. The Morgan fingerprint density at radius 3 is 2.30 bits per heavy atom. The predicted molar refractivity (Wildman–Crippen MR) is 117 cm³/mol. The second-order valence-electron chi connectivity index (χ2n) is 6.91. The zero-order chi connectivity index (χ0) is 19.5. The molecule has 2 rings (SSSR count). The molecular weight excluding hydrogens is 374 g/mol. The lowest BCUT2D eigenvalue weighted by atomic mass is 10.1. The molecule has 0 aromatic heterocycles. The molecule has 1 N–H and O–H groups in total. The van der Waals surface area contributed by atoms with Gasteiger partial charge in [-0.3, -0.25) is 0 Å². The molecule has 2 aromatic carbocycles. The summed E-state index contributed by atoms with van der Waals surface area (Å²) < 4.78 is 27.5. The molecule has 27 heavy (non-hydrogen) atoms. The molecule has 5 heteroatoms. The Bertz CT molecular complexity index is 759. The summed E-state index contributed by atoms with van der Waals surface area (Å²) in [6, 6.07) is 17.5. The van der Waals surface area contributed by atoms with E-state index in [1.807, 2.05) is 36.9 Å². The second-order valence-corrected chi connectivity index (χ2v) is 9.97. The molecule has 0 amide bonds. The van der Waals surface area contributed by atoms with Crippen molar-refractivity contribution in [1.29, 1.82) is 0 Å². The summed E-state index contributed by atoms with van der Waals surface area (Å²) in [6.45, 7) is 4.66. The van der Waals surface area contributed by atoms with Crippen LogP contribution in [0.25, 0.3) is 0 Å². The fourth-order valence-corrected chi connectivity index (χ4v) is 5.23. The van der Waals surface area contributed by atoms with Crippen LogP contribution in [-0.2, 0) is 15.8 Å². The van der Waals surface area contributed by atoms with E-state index in [0.29, 0.717) is 16.7 Å². The zero-order valence-corrected chi connectivity index (χ0v) is 18.0. The molecule has 0 saturated carbocycles. The van der Waals surface area contributed by atoms with Gasteiger partial charge in [-0.05, 0) is 43.9 Å². The van der Waals surface area contributed by atoms with Gasteiger partial charge >= 0.3 is 0 Å². The minimum atomic E-state index is -3.40. The summed E-state index contributed by atoms with van der Waals surface area (Å²) in [7, 11) is -3.40. The van der Waals surface area contributed by atoms with Gasteiger partial charge in [-0.1, -0.05) is 67.8 Å². The Kier molecular flexibility index (Phi) is 9.39. The molecule has 1 atom stereocenters. The van der Waals surface area contributed by atoms with E-state index >= 15 is 0 Å². The summed E-state index contributed by atoms with van der Waals surface area (Å²) in [5, 5.41) is 0.578. The van der Waals surface area contributed by atoms with Gasteiger partial charge in [-0.2, -0.15) is 11.8 Å². The average molecular weight is 406 g/mol. The normalized spacial score (nSPS) is 12.8. The maximum atomic E-state index is 12.4. The summed E-state index contributed by atoms with van der Waals surface area (Å²) in [5.74, 6) is 1.02. The van der Waals surface area contributed by atoms with Gasteiger partial charge in [0.05, 0.1) is 4.90 Å². The first kappa shape index (κ1) is 22.0. The largest absolute Gasteiger partial charge is 0.240 e. The Morgan fingerprint density at radius 2 is 1.63 bits per heavy atom. The molecule has 0 radical (unpaired) electrons. The minimum Gasteiger partial charge on any atom is -0.211 e.